The van der Waals surface area contributed by atoms with E-state index in [0.717, 1.165) is 0 Å². The summed E-state index contributed by atoms with van der Waals surface area (Å²) in [5, 5.41) is 9.41. The van der Waals surface area contributed by atoms with Crippen LogP contribution in [0.1, 0.15) is 13.8 Å². The molecule has 7 heteroatoms. The lowest BCUT2D eigenvalue weighted by molar-refractivity contribution is 0.198. The molecule has 0 heterocycles. The van der Waals surface area contributed by atoms with Gasteiger partial charge in [-0.15, -0.1) is 0 Å². The van der Waals surface area contributed by atoms with Crippen LogP contribution in [0.5, 0.6) is 5.75 Å². The second kappa shape index (κ2) is 6.38. The minimum atomic E-state index is -3.75. The molecule has 0 aliphatic heterocycles. The first-order valence-electron chi connectivity index (χ1n) is 5.47. The predicted molar refractivity (Wildman–Crippen MR) is 69.5 cm³/mol. The molecule has 0 saturated carbocycles. The Morgan fingerprint density at radius 2 is 2.17 bits per heavy atom. The van der Waals surface area contributed by atoms with Gasteiger partial charge in [0.25, 0.3) is 0 Å². The Labute approximate surface area is 112 Å². The first kappa shape index (κ1) is 15.2. The van der Waals surface area contributed by atoms with Gasteiger partial charge in [0.05, 0.1) is 12.7 Å². The number of sulfonamides is 1. The normalized spacial score (nSPS) is 13.3. The summed E-state index contributed by atoms with van der Waals surface area (Å²) in [7, 11) is -3.75. The van der Waals surface area contributed by atoms with Gasteiger partial charge in [-0.3, -0.25) is 0 Å². The summed E-state index contributed by atoms with van der Waals surface area (Å²) in [5.74, 6) is 0.236. The van der Waals surface area contributed by atoms with Crippen molar-refractivity contribution in [2.75, 3.05) is 13.2 Å². The highest BCUT2D eigenvalue weighted by Gasteiger charge is 2.20. The molecule has 0 aliphatic carbocycles. The number of nitrogens with one attached hydrogen (secondary N) is 1. The zero-order chi connectivity index (χ0) is 13.8. The number of benzene rings is 1. The standard InChI is InChI=1S/C11H16ClNO4S/c1-3-17-10-5-4-9(12)6-11(10)18(15,16)13-7-8(2)14/h4-6,8,13-14H,3,7H2,1-2H3. The van der Waals surface area contributed by atoms with Crippen molar-refractivity contribution in [3.05, 3.63) is 23.2 Å². The summed E-state index contributed by atoms with van der Waals surface area (Å²) in [6.45, 7) is 3.53. The van der Waals surface area contributed by atoms with E-state index in [2.05, 4.69) is 4.72 Å². The lowest BCUT2D eigenvalue weighted by atomic mass is 10.3. The maximum atomic E-state index is 12.0. The molecular formula is C11H16ClNO4S. The molecule has 0 saturated heterocycles. The summed E-state index contributed by atoms with van der Waals surface area (Å²) in [6.07, 6.45) is -0.769. The lowest BCUT2D eigenvalue weighted by Crippen LogP contribution is -2.31. The Bertz CT molecular complexity index is 502. The molecule has 1 aromatic carbocycles. The van der Waals surface area contributed by atoms with E-state index < -0.39 is 16.1 Å². The molecule has 0 spiro atoms. The molecule has 1 aromatic rings. The number of hydrogen-bond donors (Lipinski definition) is 2. The molecule has 1 rings (SSSR count). The van der Waals surface area contributed by atoms with E-state index in [1.165, 1.54) is 19.1 Å². The number of aliphatic hydroxyl groups is 1. The maximum absolute atomic E-state index is 12.0. The van der Waals surface area contributed by atoms with E-state index >= 15 is 0 Å². The second-order valence-corrected chi connectivity index (χ2v) is 5.90. The number of ether oxygens (including phenoxy) is 1. The molecule has 102 valence electrons. The number of halogens is 1. The topological polar surface area (TPSA) is 75.6 Å². The van der Waals surface area contributed by atoms with Crippen LogP contribution in [0.4, 0.5) is 0 Å². The summed E-state index contributed by atoms with van der Waals surface area (Å²) in [6, 6.07) is 4.37. The van der Waals surface area contributed by atoms with E-state index in [1.807, 2.05) is 0 Å². The first-order chi connectivity index (χ1) is 8.36. The summed E-state index contributed by atoms with van der Waals surface area (Å²) < 4.78 is 31.6. The van der Waals surface area contributed by atoms with E-state index in [0.29, 0.717) is 11.6 Å². The minimum Gasteiger partial charge on any atom is -0.492 e. The number of rotatable bonds is 6. The van der Waals surface area contributed by atoms with Gasteiger partial charge in [-0.25, -0.2) is 13.1 Å². The van der Waals surface area contributed by atoms with Gasteiger partial charge in [0.15, 0.2) is 0 Å². The van der Waals surface area contributed by atoms with Crippen molar-refractivity contribution in [2.45, 2.75) is 24.8 Å². The van der Waals surface area contributed by atoms with Crippen LogP contribution in [-0.2, 0) is 10.0 Å². The molecule has 0 bridgehead atoms. The van der Waals surface area contributed by atoms with Crippen LogP contribution < -0.4 is 9.46 Å². The van der Waals surface area contributed by atoms with Crippen molar-refractivity contribution in [3.63, 3.8) is 0 Å². The van der Waals surface area contributed by atoms with Crippen molar-refractivity contribution in [1.29, 1.82) is 0 Å². The van der Waals surface area contributed by atoms with Crippen LogP contribution in [0.2, 0.25) is 5.02 Å². The smallest absolute Gasteiger partial charge is 0.244 e. The van der Waals surface area contributed by atoms with Crippen LogP contribution >= 0.6 is 11.6 Å². The summed E-state index contributed by atoms with van der Waals surface area (Å²) in [5.41, 5.74) is 0. The Hall–Kier alpha value is -0.820. The van der Waals surface area contributed by atoms with Crippen LogP contribution in [0.3, 0.4) is 0 Å². The molecule has 0 aromatic heterocycles. The highest BCUT2D eigenvalue weighted by atomic mass is 35.5. The van der Waals surface area contributed by atoms with Crippen molar-refractivity contribution in [1.82, 2.24) is 4.72 Å². The van der Waals surface area contributed by atoms with E-state index in [4.69, 9.17) is 21.4 Å². The Kier molecular flexibility index (Phi) is 5.40. The summed E-state index contributed by atoms with van der Waals surface area (Å²) in [4.78, 5) is -0.0301. The Morgan fingerprint density at radius 3 is 2.72 bits per heavy atom. The molecule has 0 radical (unpaired) electrons. The van der Waals surface area contributed by atoms with Gasteiger partial charge in [0.1, 0.15) is 10.6 Å². The molecule has 0 fully saturated rings. The van der Waals surface area contributed by atoms with Gasteiger partial charge < -0.3 is 9.84 Å². The molecule has 1 unspecified atom stereocenters. The van der Waals surface area contributed by atoms with Gasteiger partial charge >= 0.3 is 0 Å². The zero-order valence-corrected chi connectivity index (χ0v) is 11.8. The first-order valence-corrected chi connectivity index (χ1v) is 7.33. The van der Waals surface area contributed by atoms with Gasteiger partial charge in [0.2, 0.25) is 10.0 Å². The predicted octanol–water partition coefficient (Wildman–Crippen LogP) is 1.40. The number of hydrogen-bond acceptors (Lipinski definition) is 4. The van der Waals surface area contributed by atoms with Crippen LogP contribution in [0.15, 0.2) is 23.1 Å². The minimum absolute atomic E-state index is 0.0301. The quantitative estimate of drug-likeness (QED) is 0.831. The van der Waals surface area contributed by atoms with E-state index in [9.17, 15) is 8.42 Å². The fraction of sp³-hybridized carbons (Fsp3) is 0.455. The average Bonchev–Trinajstić information content (AvgIpc) is 2.29. The van der Waals surface area contributed by atoms with Crippen molar-refractivity contribution >= 4 is 21.6 Å². The van der Waals surface area contributed by atoms with Crippen LogP contribution in [0, 0.1) is 0 Å². The average molecular weight is 294 g/mol. The fourth-order valence-electron chi connectivity index (χ4n) is 1.27. The number of aliphatic hydroxyl groups excluding tert-OH is 1. The largest absolute Gasteiger partial charge is 0.492 e. The molecular weight excluding hydrogens is 278 g/mol. The molecule has 5 nitrogen and oxygen atoms in total. The van der Waals surface area contributed by atoms with Crippen LogP contribution in [0.25, 0.3) is 0 Å². The lowest BCUT2D eigenvalue weighted by Gasteiger charge is -2.13. The molecule has 1 atom stereocenters. The molecule has 18 heavy (non-hydrogen) atoms. The fourth-order valence-corrected chi connectivity index (χ4v) is 2.80. The highest BCUT2D eigenvalue weighted by molar-refractivity contribution is 7.89. The van der Waals surface area contributed by atoms with Crippen molar-refractivity contribution < 1.29 is 18.3 Å². The van der Waals surface area contributed by atoms with Crippen molar-refractivity contribution in [3.8, 4) is 5.75 Å². The van der Waals surface area contributed by atoms with E-state index in [1.54, 1.807) is 13.0 Å². The van der Waals surface area contributed by atoms with Gasteiger partial charge in [-0.2, -0.15) is 0 Å². The van der Waals surface area contributed by atoms with E-state index in [-0.39, 0.29) is 17.2 Å². The van der Waals surface area contributed by atoms with Crippen LogP contribution in [-0.4, -0.2) is 32.8 Å². The molecule has 2 N–H and O–H groups in total. The Balaban J connectivity index is 3.09. The zero-order valence-electron chi connectivity index (χ0n) is 10.2. The molecule has 0 amide bonds. The third kappa shape index (κ3) is 4.13. The highest BCUT2D eigenvalue weighted by Crippen LogP contribution is 2.27. The van der Waals surface area contributed by atoms with Gasteiger partial charge in [0, 0.05) is 11.6 Å². The Morgan fingerprint density at radius 1 is 1.50 bits per heavy atom. The monoisotopic (exact) mass is 293 g/mol. The molecule has 0 aliphatic rings. The van der Waals surface area contributed by atoms with Gasteiger partial charge in [-0.05, 0) is 32.0 Å². The maximum Gasteiger partial charge on any atom is 0.244 e. The SMILES string of the molecule is CCOc1ccc(Cl)cc1S(=O)(=O)NCC(C)O. The summed E-state index contributed by atoms with van der Waals surface area (Å²) >= 11 is 5.79. The third-order valence-corrected chi connectivity index (χ3v) is 3.74. The van der Waals surface area contributed by atoms with Crippen molar-refractivity contribution in [2.24, 2.45) is 0 Å². The van der Waals surface area contributed by atoms with Gasteiger partial charge in [-0.1, -0.05) is 11.6 Å². The second-order valence-electron chi connectivity index (χ2n) is 3.72. The third-order valence-electron chi connectivity index (χ3n) is 2.06.